The third-order valence-corrected chi connectivity index (χ3v) is 2.21. The minimum absolute atomic E-state index is 0.203. The van der Waals surface area contributed by atoms with Crippen LogP contribution in [0.2, 0.25) is 0 Å². The van der Waals surface area contributed by atoms with Crippen molar-refractivity contribution >= 4 is 5.97 Å². The molecule has 1 aliphatic carbocycles. The zero-order chi connectivity index (χ0) is 10.7. The predicted molar refractivity (Wildman–Crippen MR) is 55.0 cm³/mol. The average Bonchev–Trinajstić information content (AvgIpc) is 2.62. The Kier molecular flexibility index (Phi) is 2.76. The zero-order valence-electron chi connectivity index (χ0n) is 8.56. The average molecular weight is 204 g/mol. The summed E-state index contributed by atoms with van der Waals surface area (Å²) in [5, 5.41) is 7.99. The Balaban J connectivity index is 2.12. The van der Waals surface area contributed by atoms with E-state index in [1.807, 2.05) is 18.2 Å². The molecule has 0 aromatic heterocycles. The highest BCUT2D eigenvalue weighted by molar-refractivity contribution is 5.73. The van der Waals surface area contributed by atoms with E-state index in [1.54, 1.807) is 6.92 Å². The SMILES string of the molecule is CCOC(=O)CC1=C2C=CCC=C2N=N1. The first-order valence-corrected chi connectivity index (χ1v) is 4.99. The van der Waals surface area contributed by atoms with Gasteiger partial charge in [0, 0.05) is 5.57 Å². The largest absolute Gasteiger partial charge is 0.466 e. The van der Waals surface area contributed by atoms with Crippen molar-refractivity contribution in [3.63, 3.8) is 0 Å². The van der Waals surface area contributed by atoms with Gasteiger partial charge in [-0.3, -0.25) is 4.79 Å². The van der Waals surface area contributed by atoms with Crippen molar-refractivity contribution in [1.29, 1.82) is 0 Å². The van der Waals surface area contributed by atoms with Gasteiger partial charge >= 0.3 is 5.97 Å². The number of fused-ring (bicyclic) bond motifs is 1. The molecule has 2 rings (SSSR count). The normalized spacial score (nSPS) is 17.8. The summed E-state index contributed by atoms with van der Waals surface area (Å²) in [6.07, 6.45) is 7.07. The van der Waals surface area contributed by atoms with E-state index in [0.29, 0.717) is 12.3 Å². The van der Waals surface area contributed by atoms with Crippen LogP contribution in [0.3, 0.4) is 0 Å². The maximum Gasteiger partial charge on any atom is 0.311 e. The highest BCUT2D eigenvalue weighted by Gasteiger charge is 2.19. The first-order valence-electron chi connectivity index (χ1n) is 4.99. The second kappa shape index (κ2) is 4.21. The monoisotopic (exact) mass is 204 g/mol. The minimum Gasteiger partial charge on any atom is -0.466 e. The number of nitrogens with zero attached hydrogens (tertiary/aromatic N) is 2. The number of esters is 1. The van der Waals surface area contributed by atoms with E-state index in [4.69, 9.17) is 4.74 Å². The summed E-state index contributed by atoms with van der Waals surface area (Å²) in [6.45, 7) is 2.19. The van der Waals surface area contributed by atoms with Crippen molar-refractivity contribution < 1.29 is 9.53 Å². The van der Waals surface area contributed by atoms with Crippen molar-refractivity contribution in [2.24, 2.45) is 10.2 Å². The van der Waals surface area contributed by atoms with E-state index in [0.717, 1.165) is 17.7 Å². The number of hydrogen-bond donors (Lipinski definition) is 0. The Morgan fingerprint density at radius 3 is 3.20 bits per heavy atom. The number of allylic oxidation sites excluding steroid dienone is 3. The molecule has 1 heterocycles. The number of ether oxygens (including phenoxy) is 1. The molecule has 0 N–H and O–H groups in total. The summed E-state index contributed by atoms with van der Waals surface area (Å²) in [6, 6.07) is 0. The van der Waals surface area contributed by atoms with Crippen LogP contribution in [-0.4, -0.2) is 12.6 Å². The van der Waals surface area contributed by atoms with E-state index < -0.39 is 0 Å². The fourth-order valence-electron chi connectivity index (χ4n) is 1.55. The van der Waals surface area contributed by atoms with Gasteiger partial charge in [-0.25, -0.2) is 0 Å². The van der Waals surface area contributed by atoms with Gasteiger partial charge in [-0.1, -0.05) is 18.2 Å². The van der Waals surface area contributed by atoms with E-state index in [9.17, 15) is 4.79 Å². The molecule has 0 fully saturated rings. The third-order valence-electron chi connectivity index (χ3n) is 2.21. The second-order valence-corrected chi connectivity index (χ2v) is 3.27. The summed E-state index contributed by atoms with van der Waals surface area (Å²) in [5.74, 6) is -0.251. The molecule has 0 spiro atoms. The fraction of sp³-hybridized carbons (Fsp3) is 0.364. The Hall–Kier alpha value is -1.71. The molecule has 0 aromatic rings. The molecule has 0 amide bonds. The second-order valence-electron chi connectivity index (χ2n) is 3.27. The molecule has 0 radical (unpaired) electrons. The van der Waals surface area contributed by atoms with Crippen LogP contribution in [0.15, 0.2) is 45.4 Å². The number of rotatable bonds is 3. The zero-order valence-corrected chi connectivity index (χ0v) is 8.56. The van der Waals surface area contributed by atoms with Crippen LogP contribution >= 0.6 is 0 Å². The van der Waals surface area contributed by atoms with Gasteiger partial charge < -0.3 is 4.74 Å². The van der Waals surface area contributed by atoms with Crippen molar-refractivity contribution in [1.82, 2.24) is 0 Å². The van der Waals surface area contributed by atoms with Crippen LogP contribution in [0.5, 0.6) is 0 Å². The first-order chi connectivity index (χ1) is 7.31. The molecular formula is C11H12N2O2. The number of carbonyl (C=O) groups is 1. The predicted octanol–water partition coefficient (Wildman–Crippen LogP) is 2.50. The van der Waals surface area contributed by atoms with Gasteiger partial charge in [-0.2, -0.15) is 10.2 Å². The Morgan fingerprint density at radius 1 is 1.53 bits per heavy atom. The van der Waals surface area contributed by atoms with Crippen molar-refractivity contribution in [2.75, 3.05) is 6.61 Å². The lowest BCUT2D eigenvalue weighted by Crippen LogP contribution is -2.04. The first kappa shape index (κ1) is 9.83. The van der Waals surface area contributed by atoms with Gasteiger partial charge in [0.05, 0.1) is 24.4 Å². The third kappa shape index (κ3) is 2.03. The lowest BCUT2D eigenvalue weighted by atomic mass is 10.0. The van der Waals surface area contributed by atoms with E-state index in [1.165, 1.54) is 0 Å². The Morgan fingerprint density at radius 2 is 2.40 bits per heavy atom. The van der Waals surface area contributed by atoms with Crippen LogP contribution in [0.1, 0.15) is 19.8 Å². The highest BCUT2D eigenvalue weighted by Crippen LogP contribution is 2.31. The molecule has 4 nitrogen and oxygen atoms in total. The molecule has 0 aromatic carbocycles. The van der Waals surface area contributed by atoms with E-state index in [-0.39, 0.29) is 12.4 Å². The van der Waals surface area contributed by atoms with Crippen molar-refractivity contribution in [3.8, 4) is 0 Å². The molecule has 2 aliphatic rings. The topological polar surface area (TPSA) is 51.0 Å². The van der Waals surface area contributed by atoms with E-state index in [2.05, 4.69) is 10.2 Å². The van der Waals surface area contributed by atoms with Crippen LogP contribution in [0, 0.1) is 0 Å². The molecule has 1 aliphatic heterocycles. The molecule has 15 heavy (non-hydrogen) atoms. The van der Waals surface area contributed by atoms with Gasteiger partial charge in [0.1, 0.15) is 0 Å². The Labute approximate surface area is 88.0 Å². The van der Waals surface area contributed by atoms with Gasteiger partial charge in [0.15, 0.2) is 0 Å². The molecule has 0 saturated heterocycles. The van der Waals surface area contributed by atoms with Gasteiger partial charge in [0.2, 0.25) is 0 Å². The number of carbonyl (C=O) groups excluding carboxylic acids is 1. The molecule has 4 heteroatoms. The van der Waals surface area contributed by atoms with Crippen LogP contribution in [0.25, 0.3) is 0 Å². The van der Waals surface area contributed by atoms with Crippen LogP contribution < -0.4 is 0 Å². The lowest BCUT2D eigenvalue weighted by Gasteiger charge is -2.04. The quantitative estimate of drug-likeness (QED) is 0.663. The van der Waals surface area contributed by atoms with Gasteiger partial charge in [-0.05, 0) is 13.3 Å². The summed E-state index contributed by atoms with van der Waals surface area (Å²) in [7, 11) is 0. The molecule has 0 saturated carbocycles. The highest BCUT2D eigenvalue weighted by atomic mass is 16.5. The van der Waals surface area contributed by atoms with Gasteiger partial charge in [-0.15, -0.1) is 0 Å². The molecule has 0 atom stereocenters. The smallest absolute Gasteiger partial charge is 0.311 e. The number of hydrogen-bond acceptors (Lipinski definition) is 4. The summed E-state index contributed by atoms with van der Waals surface area (Å²) in [5.41, 5.74) is 2.53. The van der Waals surface area contributed by atoms with Crippen molar-refractivity contribution in [3.05, 3.63) is 35.2 Å². The summed E-state index contributed by atoms with van der Waals surface area (Å²) < 4.78 is 4.87. The molecule has 0 bridgehead atoms. The van der Waals surface area contributed by atoms with Crippen LogP contribution in [-0.2, 0) is 9.53 Å². The maximum absolute atomic E-state index is 11.3. The minimum atomic E-state index is -0.251. The standard InChI is InChI=1S/C11H12N2O2/c1-2-15-11(14)7-10-8-5-3-4-6-9(8)12-13-10/h3,5-6H,2,4,7H2,1H3. The molecule has 0 unspecified atom stereocenters. The lowest BCUT2D eigenvalue weighted by molar-refractivity contribution is -0.142. The summed E-state index contributed by atoms with van der Waals surface area (Å²) in [4.78, 5) is 11.3. The number of azo groups is 1. The van der Waals surface area contributed by atoms with Gasteiger partial charge in [0.25, 0.3) is 0 Å². The Bertz CT molecular complexity index is 403. The molecule has 78 valence electrons. The van der Waals surface area contributed by atoms with E-state index >= 15 is 0 Å². The van der Waals surface area contributed by atoms with Crippen LogP contribution in [0.4, 0.5) is 0 Å². The maximum atomic E-state index is 11.3. The van der Waals surface area contributed by atoms with Crippen molar-refractivity contribution in [2.45, 2.75) is 19.8 Å². The fourth-order valence-corrected chi connectivity index (χ4v) is 1.55. The molecular weight excluding hydrogens is 192 g/mol. The summed E-state index contributed by atoms with van der Waals surface area (Å²) >= 11 is 0.